The number of aryl methyl sites for hydroxylation is 1. The van der Waals surface area contributed by atoms with Gasteiger partial charge in [0, 0.05) is 44.1 Å². The minimum absolute atomic E-state index is 0.0891. The third-order valence-corrected chi connectivity index (χ3v) is 5.75. The Bertz CT molecular complexity index is 1270. The van der Waals surface area contributed by atoms with Gasteiger partial charge >= 0.3 is 6.03 Å². The van der Waals surface area contributed by atoms with Crippen molar-refractivity contribution < 1.29 is 9.18 Å². The molecule has 6 nitrogen and oxygen atoms in total. The lowest BCUT2D eigenvalue weighted by atomic mass is 10.2. The first-order valence-electron chi connectivity index (χ1n) is 10.5. The first-order chi connectivity index (χ1) is 15.1. The maximum Gasteiger partial charge on any atom is 0.321 e. The van der Waals surface area contributed by atoms with Gasteiger partial charge in [-0.3, -0.25) is 0 Å². The van der Waals surface area contributed by atoms with Crippen LogP contribution in [0.3, 0.4) is 0 Å². The van der Waals surface area contributed by atoms with Gasteiger partial charge in [-0.2, -0.15) is 0 Å². The predicted octanol–water partition coefficient (Wildman–Crippen LogP) is 4.68. The molecule has 0 unspecified atom stereocenters. The number of nitrogens with one attached hydrogen (secondary N) is 1. The molecule has 5 rings (SSSR count). The zero-order chi connectivity index (χ0) is 21.4. The molecule has 0 atom stereocenters. The second kappa shape index (κ2) is 7.91. The van der Waals surface area contributed by atoms with Gasteiger partial charge in [-0.25, -0.2) is 14.2 Å². The minimum atomic E-state index is -0.299. The fourth-order valence-corrected chi connectivity index (χ4v) is 4.22. The Morgan fingerprint density at radius 2 is 1.90 bits per heavy atom. The van der Waals surface area contributed by atoms with Gasteiger partial charge in [0.25, 0.3) is 0 Å². The number of anilines is 2. The largest absolute Gasteiger partial charge is 0.353 e. The normalized spacial score (nSPS) is 14.8. The highest BCUT2D eigenvalue weighted by molar-refractivity contribution is 5.89. The molecule has 0 radical (unpaired) electrons. The molecule has 1 saturated heterocycles. The number of aromatic nitrogens is 2. The smallest absolute Gasteiger partial charge is 0.321 e. The van der Waals surface area contributed by atoms with Gasteiger partial charge in [0.15, 0.2) is 5.82 Å². The molecule has 1 N–H and O–H groups in total. The van der Waals surface area contributed by atoms with Crippen LogP contribution in [0, 0.1) is 12.7 Å². The van der Waals surface area contributed by atoms with Gasteiger partial charge in [0.1, 0.15) is 5.82 Å². The van der Waals surface area contributed by atoms with Gasteiger partial charge in [0.2, 0.25) is 0 Å². The number of halogens is 1. The number of carbonyl (C=O) groups excluding carboxylic acids is 1. The summed E-state index contributed by atoms with van der Waals surface area (Å²) in [5.74, 6) is 0.524. The minimum Gasteiger partial charge on any atom is -0.353 e. The van der Waals surface area contributed by atoms with Crippen molar-refractivity contribution in [1.29, 1.82) is 0 Å². The van der Waals surface area contributed by atoms with E-state index in [2.05, 4.69) is 10.2 Å². The molecular formula is C24H24FN5O. The summed E-state index contributed by atoms with van der Waals surface area (Å²) in [6, 6.07) is 16.4. The standard InChI is InChI=1S/C24H24FN5O/c1-17-5-2-6-19(15-17)26-24(31)29-11-4-10-28(13-14-29)23-22-7-3-12-30(22)21-9-8-18(25)16-20(21)27-23/h2-3,5-9,12,15-16H,4,10-11,13-14H2,1H3,(H,26,31). The molecule has 31 heavy (non-hydrogen) atoms. The molecule has 0 aliphatic carbocycles. The van der Waals surface area contributed by atoms with Crippen LogP contribution in [-0.4, -0.2) is 46.5 Å². The van der Waals surface area contributed by atoms with Crippen LogP contribution in [0.2, 0.25) is 0 Å². The van der Waals surface area contributed by atoms with E-state index in [4.69, 9.17) is 4.98 Å². The van der Waals surface area contributed by atoms with Crippen molar-refractivity contribution in [2.45, 2.75) is 13.3 Å². The van der Waals surface area contributed by atoms with Crippen molar-refractivity contribution >= 4 is 34.1 Å². The van der Waals surface area contributed by atoms with Crippen LogP contribution in [0.5, 0.6) is 0 Å². The SMILES string of the molecule is Cc1cccc(NC(=O)N2CCCN(c3nc4cc(F)ccc4n4cccc34)CC2)c1. The highest BCUT2D eigenvalue weighted by Gasteiger charge is 2.22. The van der Waals surface area contributed by atoms with Gasteiger partial charge in [-0.15, -0.1) is 0 Å². The van der Waals surface area contributed by atoms with E-state index in [1.165, 1.54) is 12.1 Å². The summed E-state index contributed by atoms with van der Waals surface area (Å²) < 4.78 is 15.9. The van der Waals surface area contributed by atoms with E-state index >= 15 is 0 Å². The quantitative estimate of drug-likeness (QED) is 0.515. The third kappa shape index (κ3) is 3.79. The number of benzene rings is 2. The van der Waals surface area contributed by atoms with Crippen molar-refractivity contribution in [1.82, 2.24) is 14.3 Å². The molecule has 2 amide bonds. The van der Waals surface area contributed by atoms with Crippen LogP contribution in [0.1, 0.15) is 12.0 Å². The van der Waals surface area contributed by atoms with E-state index in [0.29, 0.717) is 25.2 Å². The highest BCUT2D eigenvalue weighted by Crippen LogP contribution is 2.27. The van der Waals surface area contributed by atoms with Crippen molar-refractivity contribution in [3.8, 4) is 0 Å². The summed E-state index contributed by atoms with van der Waals surface area (Å²) in [6.07, 6.45) is 2.80. The van der Waals surface area contributed by atoms with Crippen LogP contribution in [0.15, 0.2) is 60.8 Å². The number of hydrogen-bond donors (Lipinski definition) is 1. The first-order valence-corrected chi connectivity index (χ1v) is 10.5. The fraction of sp³-hybridized carbons (Fsp3) is 0.250. The summed E-state index contributed by atoms with van der Waals surface area (Å²) in [4.78, 5) is 21.6. The molecule has 0 spiro atoms. The Hall–Kier alpha value is -3.61. The molecule has 1 aliphatic rings. The summed E-state index contributed by atoms with van der Waals surface area (Å²) in [5, 5.41) is 3.00. The number of rotatable bonds is 2. The maximum atomic E-state index is 13.8. The number of fused-ring (bicyclic) bond motifs is 3. The molecule has 4 aromatic rings. The zero-order valence-corrected chi connectivity index (χ0v) is 17.4. The number of urea groups is 1. The molecule has 2 aromatic carbocycles. The molecule has 0 saturated carbocycles. The van der Waals surface area contributed by atoms with E-state index in [0.717, 1.165) is 41.1 Å². The topological polar surface area (TPSA) is 52.9 Å². The highest BCUT2D eigenvalue weighted by atomic mass is 19.1. The summed E-state index contributed by atoms with van der Waals surface area (Å²) in [7, 11) is 0. The Balaban J connectivity index is 1.38. The van der Waals surface area contributed by atoms with Gasteiger partial charge in [-0.1, -0.05) is 12.1 Å². The van der Waals surface area contributed by atoms with E-state index < -0.39 is 0 Å². The lowest BCUT2D eigenvalue weighted by molar-refractivity contribution is 0.215. The van der Waals surface area contributed by atoms with Crippen molar-refractivity contribution in [3.63, 3.8) is 0 Å². The monoisotopic (exact) mass is 417 g/mol. The van der Waals surface area contributed by atoms with Gasteiger partial charge < -0.3 is 19.5 Å². The van der Waals surface area contributed by atoms with Crippen LogP contribution in [-0.2, 0) is 0 Å². The molecule has 0 bridgehead atoms. The summed E-state index contributed by atoms with van der Waals surface area (Å²) in [6.45, 7) is 4.71. The first kappa shape index (κ1) is 19.4. The molecule has 1 fully saturated rings. The molecule has 7 heteroatoms. The average molecular weight is 417 g/mol. The Morgan fingerprint density at radius 3 is 2.77 bits per heavy atom. The average Bonchev–Trinajstić information content (AvgIpc) is 3.11. The predicted molar refractivity (Wildman–Crippen MR) is 121 cm³/mol. The zero-order valence-electron chi connectivity index (χ0n) is 17.4. The van der Waals surface area contributed by atoms with Crippen molar-refractivity contribution in [2.24, 2.45) is 0 Å². The number of carbonyl (C=O) groups is 1. The van der Waals surface area contributed by atoms with Gasteiger partial charge in [-0.05, 0) is 55.3 Å². The summed E-state index contributed by atoms with van der Waals surface area (Å²) in [5.41, 5.74) is 4.39. The lowest BCUT2D eigenvalue weighted by Gasteiger charge is -2.24. The van der Waals surface area contributed by atoms with Crippen molar-refractivity contribution in [3.05, 3.63) is 72.2 Å². The third-order valence-electron chi connectivity index (χ3n) is 5.75. The van der Waals surface area contributed by atoms with Crippen LogP contribution in [0.4, 0.5) is 20.7 Å². The molecule has 3 heterocycles. The van der Waals surface area contributed by atoms with Crippen molar-refractivity contribution in [2.75, 3.05) is 36.4 Å². The van der Waals surface area contributed by atoms with Crippen LogP contribution >= 0.6 is 0 Å². The molecule has 1 aliphatic heterocycles. The Kier molecular flexibility index (Phi) is 4.94. The van der Waals surface area contributed by atoms with E-state index in [-0.39, 0.29) is 11.8 Å². The second-order valence-electron chi connectivity index (χ2n) is 7.96. The van der Waals surface area contributed by atoms with Gasteiger partial charge in [0.05, 0.1) is 16.6 Å². The Labute approximate surface area is 179 Å². The van der Waals surface area contributed by atoms with E-state index in [1.54, 1.807) is 6.07 Å². The summed E-state index contributed by atoms with van der Waals surface area (Å²) >= 11 is 0. The fourth-order valence-electron chi connectivity index (χ4n) is 4.22. The molecule has 158 valence electrons. The number of nitrogens with zero attached hydrogens (tertiary/aromatic N) is 4. The van der Waals surface area contributed by atoms with E-state index in [1.807, 2.05) is 58.8 Å². The maximum absolute atomic E-state index is 13.8. The molecule has 2 aromatic heterocycles. The number of amides is 2. The lowest BCUT2D eigenvalue weighted by Crippen LogP contribution is -2.38. The van der Waals surface area contributed by atoms with Crippen LogP contribution < -0.4 is 10.2 Å². The number of hydrogen-bond acceptors (Lipinski definition) is 3. The Morgan fingerprint density at radius 1 is 1.00 bits per heavy atom. The van der Waals surface area contributed by atoms with Crippen LogP contribution in [0.25, 0.3) is 16.6 Å². The second-order valence-corrected chi connectivity index (χ2v) is 7.96. The molecular weight excluding hydrogens is 393 g/mol. The van der Waals surface area contributed by atoms with E-state index in [9.17, 15) is 9.18 Å².